The molecule has 3 aromatic carbocycles. The third-order valence-corrected chi connectivity index (χ3v) is 7.66. The lowest BCUT2D eigenvalue weighted by molar-refractivity contribution is -0.146. The Morgan fingerprint density at radius 3 is 1.92 bits per heavy atom. The van der Waals surface area contributed by atoms with Crippen LogP contribution in [0.3, 0.4) is 0 Å². The van der Waals surface area contributed by atoms with Crippen molar-refractivity contribution >= 4 is 17.6 Å². The molecule has 0 aliphatic carbocycles. The molecule has 5 rings (SSSR count). The number of hydrogen-bond donors (Lipinski definition) is 0. The smallest absolute Gasteiger partial charge is 0.325 e. The zero-order valence-corrected chi connectivity index (χ0v) is 20.8. The van der Waals surface area contributed by atoms with Crippen molar-refractivity contribution in [2.45, 2.75) is 24.3 Å². The molecule has 2 aliphatic rings. The lowest BCUT2D eigenvalue weighted by Crippen LogP contribution is -2.57. The van der Waals surface area contributed by atoms with Crippen molar-refractivity contribution in [2.24, 2.45) is 0 Å². The highest BCUT2D eigenvalue weighted by molar-refractivity contribution is 5.95. The monoisotopic (exact) mass is 483 g/mol. The van der Waals surface area contributed by atoms with Crippen molar-refractivity contribution in [3.63, 3.8) is 0 Å². The van der Waals surface area contributed by atoms with E-state index < -0.39 is 5.54 Å². The maximum atomic E-state index is 13.7. The Kier molecular flexibility index (Phi) is 7.05. The van der Waals surface area contributed by atoms with Gasteiger partial charge in [-0.15, -0.1) is 0 Å². The van der Waals surface area contributed by atoms with E-state index in [1.165, 1.54) is 18.2 Å². The molecule has 186 valence electrons. The third kappa shape index (κ3) is 4.73. The second kappa shape index (κ2) is 10.5. The van der Waals surface area contributed by atoms with Crippen LogP contribution >= 0.6 is 0 Å². The molecule has 0 unspecified atom stereocenters. The van der Waals surface area contributed by atoms with E-state index in [2.05, 4.69) is 70.5 Å². The summed E-state index contributed by atoms with van der Waals surface area (Å²) in [6.07, 6.45) is 1.43. The van der Waals surface area contributed by atoms with Crippen molar-refractivity contribution in [3.05, 3.63) is 102 Å². The van der Waals surface area contributed by atoms with Gasteiger partial charge in [0, 0.05) is 31.2 Å². The summed E-state index contributed by atoms with van der Waals surface area (Å²) in [5, 5.41) is 0. The number of rotatable bonds is 7. The molecule has 3 aromatic rings. The molecule has 1 spiro atoms. The van der Waals surface area contributed by atoms with Crippen LogP contribution in [0.2, 0.25) is 0 Å². The summed E-state index contributed by atoms with van der Waals surface area (Å²) < 4.78 is 4.86. The average molecular weight is 484 g/mol. The molecule has 0 bridgehead atoms. The van der Waals surface area contributed by atoms with Crippen LogP contribution in [0.1, 0.15) is 29.9 Å². The van der Waals surface area contributed by atoms with E-state index >= 15 is 0 Å². The fraction of sp³-hybridized carbons (Fsp3) is 0.333. The SMILES string of the molecule is COC(=O)CN1CN(c2ccccc2)C2(CCN(CC(c3ccccc3)c3ccccc3)CC2)C1=O. The van der Waals surface area contributed by atoms with Crippen LogP contribution < -0.4 is 4.90 Å². The average Bonchev–Trinajstić information content (AvgIpc) is 3.20. The Balaban J connectivity index is 1.36. The highest BCUT2D eigenvalue weighted by Crippen LogP contribution is 2.40. The van der Waals surface area contributed by atoms with E-state index in [9.17, 15) is 9.59 Å². The fourth-order valence-corrected chi connectivity index (χ4v) is 5.68. The van der Waals surface area contributed by atoms with E-state index in [4.69, 9.17) is 4.74 Å². The Bertz CT molecular complexity index is 1120. The number of ether oxygens (including phenoxy) is 1. The number of methoxy groups -OCH3 is 1. The first-order valence-electron chi connectivity index (χ1n) is 12.6. The predicted molar refractivity (Wildman–Crippen MR) is 141 cm³/mol. The van der Waals surface area contributed by atoms with Crippen LogP contribution in [0, 0.1) is 0 Å². The molecule has 0 N–H and O–H groups in total. The van der Waals surface area contributed by atoms with Gasteiger partial charge in [-0.2, -0.15) is 0 Å². The molecule has 0 radical (unpaired) electrons. The molecule has 0 saturated carbocycles. The van der Waals surface area contributed by atoms with Crippen LogP contribution in [0.15, 0.2) is 91.0 Å². The van der Waals surface area contributed by atoms with Crippen molar-refractivity contribution in [1.82, 2.24) is 9.80 Å². The normalized spacial score (nSPS) is 17.7. The minimum Gasteiger partial charge on any atom is -0.468 e. The van der Waals surface area contributed by atoms with Crippen LogP contribution in [0.25, 0.3) is 0 Å². The number of para-hydroxylation sites is 1. The highest BCUT2D eigenvalue weighted by atomic mass is 16.5. The van der Waals surface area contributed by atoms with Gasteiger partial charge in [-0.05, 0) is 36.1 Å². The van der Waals surface area contributed by atoms with Gasteiger partial charge in [-0.25, -0.2) is 0 Å². The lowest BCUT2D eigenvalue weighted by atomic mass is 9.84. The standard InChI is InChI=1S/C30H33N3O3/c1-36-28(34)22-32-23-33(26-15-9-4-10-16-26)30(29(32)35)17-19-31(20-18-30)21-27(24-11-5-2-6-12-24)25-13-7-3-8-14-25/h2-16,27H,17-23H2,1H3. The molecular formula is C30H33N3O3. The number of anilines is 1. The fourth-order valence-electron chi connectivity index (χ4n) is 5.68. The first kappa shape index (κ1) is 24.1. The molecule has 2 fully saturated rings. The molecule has 2 aliphatic heterocycles. The number of amides is 1. The third-order valence-electron chi connectivity index (χ3n) is 7.66. The van der Waals surface area contributed by atoms with E-state index in [0.29, 0.717) is 19.5 Å². The second-order valence-corrected chi connectivity index (χ2v) is 9.69. The Morgan fingerprint density at radius 1 is 0.861 bits per heavy atom. The summed E-state index contributed by atoms with van der Waals surface area (Å²) in [6, 6.07) is 31.4. The predicted octanol–water partition coefficient (Wildman–Crippen LogP) is 4.13. The molecular weight excluding hydrogens is 450 g/mol. The molecule has 2 saturated heterocycles. The molecule has 36 heavy (non-hydrogen) atoms. The molecule has 6 heteroatoms. The van der Waals surface area contributed by atoms with Gasteiger partial charge in [0.05, 0.1) is 13.8 Å². The van der Waals surface area contributed by atoms with Gasteiger partial charge in [0.15, 0.2) is 0 Å². The summed E-state index contributed by atoms with van der Waals surface area (Å²) in [7, 11) is 1.36. The van der Waals surface area contributed by atoms with Crippen LogP contribution in [0.4, 0.5) is 5.69 Å². The van der Waals surface area contributed by atoms with Crippen molar-refractivity contribution in [2.75, 3.05) is 44.9 Å². The Morgan fingerprint density at radius 2 is 1.39 bits per heavy atom. The van der Waals surface area contributed by atoms with E-state index in [0.717, 1.165) is 25.3 Å². The van der Waals surface area contributed by atoms with E-state index in [1.807, 2.05) is 30.3 Å². The number of likely N-dealkylation sites (tertiary alicyclic amines) is 1. The first-order valence-corrected chi connectivity index (χ1v) is 12.6. The molecule has 1 amide bonds. The number of piperidine rings is 1. The summed E-state index contributed by atoms with van der Waals surface area (Å²) in [6.45, 7) is 2.91. The molecule has 2 heterocycles. The number of carbonyl (C=O) groups is 2. The first-order chi connectivity index (χ1) is 17.6. The van der Waals surface area contributed by atoms with Crippen molar-refractivity contribution in [3.8, 4) is 0 Å². The Hall–Kier alpha value is -3.64. The van der Waals surface area contributed by atoms with E-state index in [1.54, 1.807) is 4.90 Å². The van der Waals surface area contributed by atoms with Gasteiger partial charge in [-0.1, -0.05) is 78.9 Å². The molecule has 6 nitrogen and oxygen atoms in total. The largest absolute Gasteiger partial charge is 0.468 e. The topological polar surface area (TPSA) is 53.1 Å². The zero-order chi connectivity index (χ0) is 25.0. The highest BCUT2D eigenvalue weighted by Gasteiger charge is 2.54. The summed E-state index contributed by atoms with van der Waals surface area (Å²) in [5.41, 5.74) is 2.98. The van der Waals surface area contributed by atoms with Gasteiger partial charge >= 0.3 is 5.97 Å². The number of hydrogen-bond acceptors (Lipinski definition) is 5. The number of nitrogens with zero attached hydrogens (tertiary/aromatic N) is 3. The van der Waals surface area contributed by atoms with Gasteiger partial charge < -0.3 is 19.4 Å². The summed E-state index contributed by atoms with van der Waals surface area (Å²) in [5.74, 6) is -0.0970. The summed E-state index contributed by atoms with van der Waals surface area (Å²) >= 11 is 0. The lowest BCUT2D eigenvalue weighted by Gasteiger charge is -2.44. The maximum absolute atomic E-state index is 13.7. The maximum Gasteiger partial charge on any atom is 0.325 e. The van der Waals surface area contributed by atoms with Gasteiger partial charge in [0.1, 0.15) is 12.1 Å². The van der Waals surface area contributed by atoms with Crippen molar-refractivity contribution < 1.29 is 14.3 Å². The minimum atomic E-state index is -0.638. The molecule has 0 aromatic heterocycles. The number of esters is 1. The quantitative estimate of drug-likeness (QED) is 0.473. The number of benzene rings is 3. The van der Waals surface area contributed by atoms with Crippen LogP contribution in [0.5, 0.6) is 0 Å². The summed E-state index contributed by atoms with van der Waals surface area (Å²) in [4.78, 5) is 32.1. The number of carbonyl (C=O) groups excluding carboxylic acids is 2. The second-order valence-electron chi connectivity index (χ2n) is 9.69. The van der Waals surface area contributed by atoms with Gasteiger partial charge in [-0.3, -0.25) is 9.59 Å². The van der Waals surface area contributed by atoms with Crippen molar-refractivity contribution in [1.29, 1.82) is 0 Å². The van der Waals surface area contributed by atoms with E-state index in [-0.39, 0.29) is 24.3 Å². The molecule has 0 atom stereocenters. The zero-order valence-electron chi connectivity index (χ0n) is 20.8. The van der Waals surface area contributed by atoms with Gasteiger partial charge in [0.25, 0.3) is 5.91 Å². The van der Waals surface area contributed by atoms with Gasteiger partial charge in [0.2, 0.25) is 0 Å². The Labute approximate surface area is 213 Å². The minimum absolute atomic E-state index is 0.0196. The van der Waals surface area contributed by atoms with Crippen LogP contribution in [-0.2, 0) is 14.3 Å². The van der Waals surface area contributed by atoms with Crippen LogP contribution in [-0.4, -0.2) is 67.2 Å².